The van der Waals surface area contributed by atoms with Gasteiger partial charge in [0.05, 0.1) is 16.6 Å². The van der Waals surface area contributed by atoms with E-state index in [1.807, 2.05) is 35.0 Å². The Labute approximate surface area is 172 Å². The van der Waals surface area contributed by atoms with Crippen LogP contribution in [0.15, 0.2) is 58.3 Å². The standard InChI is InChI=1S/C20H14F2N2O3S2/c21-12-4-1-5-13(22)19(12)20(26)27-11-18(25)24-15(17-7-3-9-29-17)10-14(23-24)16-6-2-8-28-16/h1-9,15H,10-11H2. The second-order valence-corrected chi connectivity index (χ2v) is 8.10. The first-order valence-electron chi connectivity index (χ1n) is 8.62. The Morgan fingerprint density at radius 1 is 1.07 bits per heavy atom. The van der Waals surface area contributed by atoms with Crippen molar-refractivity contribution < 1.29 is 23.1 Å². The molecule has 0 saturated carbocycles. The van der Waals surface area contributed by atoms with Crippen LogP contribution in [0, 0.1) is 11.6 Å². The summed E-state index contributed by atoms with van der Waals surface area (Å²) in [5.41, 5.74) is -0.0578. The second kappa shape index (κ2) is 8.22. The van der Waals surface area contributed by atoms with Gasteiger partial charge >= 0.3 is 5.97 Å². The van der Waals surface area contributed by atoms with E-state index in [-0.39, 0.29) is 6.04 Å². The average molecular weight is 432 g/mol. The zero-order valence-corrected chi connectivity index (χ0v) is 16.5. The van der Waals surface area contributed by atoms with Crippen molar-refractivity contribution in [1.29, 1.82) is 0 Å². The predicted molar refractivity (Wildman–Crippen MR) is 106 cm³/mol. The number of benzene rings is 1. The Morgan fingerprint density at radius 3 is 2.45 bits per heavy atom. The molecule has 1 unspecified atom stereocenters. The van der Waals surface area contributed by atoms with Crippen molar-refractivity contribution >= 4 is 40.3 Å². The van der Waals surface area contributed by atoms with Crippen molar-refractivity contribution in [1.82, 2.24) is 5.01 Å². The van der Waals surface area contributed by atoms with Crippen molar-refractivity contribution in [2.24, 2.45) is 5.10 Å². The molecule has 1 atom stereocenters. The molecule has 2 aromatic heterocycles. The number of thiophene rings is 2. The molecule has 3 heterocycles. The van der Waals surface area contributed by atoms with Crippen molar-refractivity contribution in [3.05, 3.63) is 80.2 Å². The first-order valence-corrected chi connectivity index (χ1v) is 10.4. The number of hydrogen-bond acceptors (Lipinski definition) is 6. The Kier molecular flexibility index (Phi) is 5.50. The molecule has 0 N–H and O–H groups in total. The van der Waals surface area contributed by atoms with E-state index in [1.165, 1.54) is 27.7 Å². The summed E-state index contributed by atoms with van der Waals surface area (Å²) in [4.78, 5) is 26.7. The van der Waals surface area contributed by atoms with Crippen LogP contribution in [-0.2, 0) is 9.53 Å². The van der Waals surface area contributed by atoms with E-state index in [0.29, 0.717) is 6.42 Å². The number of hydrogen-bond donors (Lipinski definition) is 0. The fraction of sp³-hybridized carbons (Fsp3) is 0.150. The van der Waals surface area contributed by atoms with Gasteiger partial charge < -0.3 is 4.74 Å². The van der Waals surface area contributed by atoms with Gasteiger partial charge in [0.25, 0.3) is 5.91 Å². The Balaban J connectivity index is 1.51. The number of carbonyl (C=O) groups is 2. The summed E-state index contributed by atoms with van der Waals surface area (Å²) in [7, 11) is 0. The minimum absolute atomic E-state index is 0.316. The highest BCUT2D eigenvalue weighted by atomic mass is 32.1. The number of carbonyl (C=O) groups excluding carboxylic acids is 2. The highest BCUT2D eigenvalue weighted by Crippen LogP contribution is 2.35. The second-order valence-electron chi connectivity index (χ2n) is 6.17. The molecule has 4 rings (SSSR count). The topological polar surface area (TPSA) is 59.0 Å². The number of esters is 1. The van der Waals surface area contributed by atoms with Crippen LogP contribution in [0.4, 0.5) is 8.78 Å². The van der Waals surface area contributed by atoms with Gasteiger partial charge in [-0.3, -0.25) is 4.79 Å². The maximum Gasteiger partial charge on any atom is 0.344 e. The molecule has 29 heavy (non-hydrogen) atoms. The van der Waals surface area contributed by atoms with Gasteiger partial charge in [0, 0.05) is 11.3 Å². The number of halogens is 2. The molecule has 1 amide bonds. The minimum Gasteiger partial charge on any atom is -0.452 e. The minimum atomic E-state index is -1.23. The van der Waals surface area contributed by atoms with E-state index in [4.69, 9.17) is 4.74 Å². The van der Waals surface area contributed by atoms with Crippen molar-refractivity contribution in [2.45, 2.75) is 12.5 Å². The molecule has 0 saturated heterocycles. The van der Waals surface area contributed by atoms with Crippen molar-refractivity contribution in [3.63, 3.8) is 0 Å². The van der Waals surface area contributed by atoms with Gasteiger partial charge in [0.15, 0.2) is 6.61 Å². The summed E-state index contributed by atoms with van der Waals surface area (Å²) in [6.07, 6.45) is 0.530. The summed E-state index contributed by atoms with van der Waals surface area (Å²) in [5, 5.41) is 9.54. The van der Waals surface area contributed by atoms with Crippen LogP contribution >= 0.6 is 22.7 Å². The molecule has 0 fully saturated rings. The number of amides is 1. The van der Waals surface area contributed by atoms with Gasteiger partial charge in [-0.05, 0) is 35.0 Å². The third-order valence-corrected chi connectivity index (χ3v) is 6.23. The Hall–Kier alpha value is -2.91. The van der Waals surface area contributed by atoms with Gasteiger partial charge in [-0.2, -0.15) is 5.10 Å². The SMILES string of the molecule is O=C(OCC(=O)N1N=C(c2cccs2)CC1c1cccs1)c1c(F)cccc1F. The van der Waals surface area contributed by atoms with Crippen molar-refractivity contribution in [2.75, 3.05) is 6.61 Å². The summed E-state index contributed by atoms with van der Waals surface area (Å²) in [6, 6.07) is 10.3. The van der Waals surface area contributed by atoms with E-state index in [0.717, 1.165) is 33.7 Å². The predicted octanol–water partition coefficient (Wildman–Crippen LogP) is 4.62. The monoisotopic (exact) mass is 432 g/mol. The van der Waals surface area contributed by atoms with Gasteiger partial charge in [0.1, 0.15) is 17.2 Å². The number of rotatable bonds is 5. The van der Waals surface area contributed by atoms with Crippen LogP contribution in [0.2, 0.25) is 0 Å². The summed E-state index contributed by atoms with van der Waals surface area (Å²) >= 11 is 3.01. The smallest absolute Gasteiger partial charge is 0.344 e. The van der Waals surface area contributed by atoms with Gasteiger partial charge in [-0.15, -0.1) is 22.7 Å². The van der Waals surface area contributed by atoms with Crippen molar-refractivity contribution in [3.8, 4) is 0 Å². The average Bonchev–Trinajstić information content (AvgIpc) is 3.46. The van der Waals surface area contributed by atoms with Crippen LogP contribution in [0.5, 0.6) is 0 Å². The molecule has 3 aromatic rings. The van der Waals surface area contributed by atoms with Crippen LogP contribution in [-0.4, -0.2) is 29.2 Å². The van der Waals surface area contributed by atoms with E-state index in [9.17, 15) is 18.4 Å². The molecule has 9 heteroatoms. The van der Waals surface area contributed by atoms with Crippen LogP contribution in [0.1, 0.15) is 32.6 Å². The summed E-state index contributed by atoms with van der Waals surface area (Å²) in [6.45, 7) is -0.671. The van der Waals surface area contributed by atoms with E-state index in [1.54, 1.807) is 0 Å². The van der Waals surface area contributed by atoms with Crippen LogP contribution < -0.4 is 0 Å². The van der Waals surface area contributed by atoms with Crippen LogP contribution in [0.3, 0.4) is 0 Å². The summed E-state index contributed by atoms with van der Waals surface area (Å²) < 4.78 is 32.3. The highest BCUT2D eigenvalue weighted by molar-refractivity contribution is 7.12. The largest absolute Gasteiger partial charge is 0.452 e. The normalized spacial score (nSPS) is 16.0. The molecule has 5 nitrogen and oxygen atoms in total. The molecule has 148 valence electrons. The molecule has 1 aliphatic rings. The maximum atomic E-state index is 13.7. The lowest BCUT2D eigenvalue weighted by Gasteiger charge is -2.20. The first kappa shape index (κ1) is 19.4. The zero-order chi connectivity index (χ0) is 20.4. The third kappa shape index (κ3) is 3.96. The first-order chi connectivity index (χ1) is 14.0. The Bertz CT molecular complexity index is 1050. The van der Waals surface area contributed by atoms with E-state index in [2.05, 4.69) is 5.10 Å². The molecule has 1 aromatic carbocycles. The fourth-order valence-electron chi connectivity index (χ4n) is 2.99. The fourth-order valence-corrected chi connectivity index (χ4v) is 4.53. The molecule has 0 aliphatic carbocycles. The lowest BCUT2D eigenvalue weighted by Crippen LogP contribution is -2.31. The quantitative estimate of drug-likeness (QED) is 0.553. The molecule has 0 spiro atoms. The third-order valence-electron chi connectivity index (χ3n) is 4.34. The van der Waals surface area contributed by atoms with Gasteiger partial charge in [-0.25, -0.2) is 18.6 Å². The lowest BCUT2D eigenvalue weighted by molar-refractivity contribution is -0.136. The van der Waals surface area contributed by atoms with Gasteiger partial charge in [-0.1, -0.05) is 18.2 Å². The highest BCUT2D eigenvalue weighted by Gasteiger charge is 2.34. The number of hydrazone groups is 1. The Morgan fingerprint density at radius 2 is 1.79 bits per heavy atom. The lowest BCUT2D eigenvalue weighted by atomic mass is 10.1. The zero-order valence-electron chi connectivity index (χ0n) is 14.9. The molecule has 1 aliphatic heterocycles. The number of nitrogens with zero attached hydrogens (tertiary/aromatic N) is 2. The maximum absolute atomic E-state index is 13.7. The molecular formula is C20H14F2N2O3S2. The number of ether oxygens (including phenoxy) is 1. The van der Waals surface area contributed by atoms with Crippen LogP contribution in [0.25, 0.3) is 0 Å². The molecular weight excluding hydrogens is 418 g/mol. The summed E-state index contributed by atoms with van der Waals surface area (Å²) in [5.74, 6) is -3.89. The molecule has 0 radical (unpaired) electrons. The molecule has 0 bridgehead atoms. The van der Waals surface area contributed by atoms with E-state index >= 15 is 0 Å². The van der Waals surface area contributed by atoms with Gasteiger partial charge in [0.2, 0.25) is 0 Å². The van der Waals surface area contributed by atoms with E-state index < -0.39 is 35.7 Å².